The van der Waals surface area contributed by atoms with Gasteiger partial charge < -0.3 is 15.1 Å². The van der Waals surface area contributed by atoms with Gasteiger partial charge in [-0.05, 0) is 62.1 Å². The number of carbonyl (C=O) groups is 2. The van der Waals surface area contributed by atoms with Gasteiger partial charge in [-0.1, -0.05) is 49.4 Å². The number of carboxylic acids is 1. The molecular formula is C26H33NO4S. The maximum Gasteiger partial charge on any atom is 0.345 e. The molecule has 0 aliphatic carbocycles. The number of benzene rings is 1. The van der Waals surface area contributed by atoms with E-state index in [1.165, 1.54) is 16.9 Å². The van der Waals surface area contributed by atoms with E-state index in [1.54, 1.807) is 6.07 Å². The minimum absolute atomic E-state index is 0.0339. The molecule has 1 aliphatic rings. The van der Waals surface area contributed by atoms with Gasteiger partial charge in [0.05, 0.1) is 12.1 Å². The fraction of sp³-hybridized carbons (Fsp3) is 0.462. The number of carbonyl (C=O) groups excluding carboxylic acids is 1. The quantitative estimate of drug-likeness (QED) is 0.444. The molecule has 2 aromatic rings. The van der Waals surface area contributed by atoms with Crippen molar-refractivity contribution < 1.29 is 19.8 Å². The summed E-state index contributed by atoms with van der Waals surface area (Å²) in [6.07, 6.45) is 9.25. The van der Waals surface area contributed by atoms with Crippen molar-refractivity contribution in [1.29, 1.82) is 0 Å². The molecule has 2 N–H and O–H groups in total. The Labute approximate surface area is 194 Å². The normalized spacial score (nSPS) is 18.4. The molecule has 0 radical (unpaired) electrons. The van der Waals surface area contributed by atoms with Crippen LogP contribution in [0.3, 0.4) is 0 Å². The van der Waals surface area contributed by atoms with Gasteiger partial charge in [-0.2, -0.15) is 0 Å². The molecule has 172 valence electrons. The number of rotatable bonds is 12. The fourth-order valence-electron chi connectivity index (χ4n) is 4.17. The molecule has 6 heteroatoms. The zero-order valence-corrected chi connectivity index (χ0v) is 19.5. The maximum absolute atomic E-state index is 12.3. The van der Waals surface area contributed by atoms with Crippen LogP contribution in [0.5, 0.6) is 0 Å². The first kappa shape index (κ1) is 24.2. The average Bonchev–Trinajstić information content (AvgIpc) is 3.40. The van der Waals surface area contributed by atoms with E-state index in [1.807, 2.05) is 29.2 Å². The van der Waals surface area contributed by atoms with Crippen LogP contribution in [0.2, 0.25) is 0 Å². The lowest BCUT2D eigenvalue weighted by molar-refractivity contribution is -0.128. The van der Waals surface area contributed by atoms with E-state index in [0.717, 1.165) is 43.4 Å². The summed E-state index contributed by atoms with van der Waals surface area (Å²) >= 11 is 1.30. The molecule has 1 aliphatic heterocycles. The third kappa shape index (κ3) is 7.04. The SMILES string of the molecule is CC(CCCc1ccccc1)[C@@H](O)/C=C/[C@H]1CCC(=O)N1CCCc1ccc(C(=O)O)s1. The first-order chi connectivity index (χ1) is 15.4. The molecule has 1 fully saturated rings. The monoisotopic (exact) mass is 455 g/mol. The van der Waals surface area contributed by atoms with Crippen LogP contribution in [0.25, 0.3) is 0 Å². The van der Waals surface area contributed by atoms with Crippen molar-refractivity contribution in [2.24, 2.45) is 5.92 Å². The molecule has 3 atom stereocenters. The minimum Gasteiger partial charge on any atom is -0.477 e. The second kappa shape index (κ2) is 12.0. The van der Waals surface area contributed by atoms with E-state index in [-0.39, 0.29) is 17.9 Å². The van der Waals surface area contributed by atoms with Gasteiger partial charge in [0.15, 0.2) is 0 Å². The number of aliphatic hydroxyl groups is 1. The Balaban J connectivity index is 1.43. The summed E-state index contributed by atoms with van der Waals surface area (Å²) in [5.41, 5.74) is 1.33. The van der Waals surface area contributed by atoms with Crippen molar-refractivity contribution in [3.8, 4) is 0 Å². The highest BCUT2D eigenvalue weighted by Crippen LogP contribution is 2.23. The molecule has 1 saturated heterocycles. The maximum atomic E-state index is 12.3. The van der Waals surface area contributed by atoms with E-state index in [0.29, 0.717) is 17.8 Å². The average molecular weight is 456 g/mol. The standard InChI is InChI=1S/C26H33NO4S/c1-19(7-5-10-20-8-3-2-4-9-20)23(28)15-12-21-13-17-25(29)27(21)18-6-11-22-14-16-24(32-22)26(30)31/h2-4,8-9,12,14-16,19,21,23,28H,5-7,10-11,13,17-18H2,1H3,(H,30,31)/b15-12+/t19?,21-,23-/m0/s1. The van der Waals surface area contributed by atoms with Crippen LogP contribution in [-0.2, 0) is 17.6 Å². The van der Waals surface area contributed by atoms with Gasteiger partial charge in [0.1, 0.15) is 4.88 Å². The molecule has 0 bridgehead atoms. The first-order valence-electron chi connectivity index (χ1n) is 11.5. The van der Waals surface area contributed by atoms with Crippen molar-refractivity contribution in [3.05, 3.63) is 69.9 Å². The third-order valence-corrected chi connectivity index (χ3v) is 7.28. The highest BCUT2D eigenvalue weighted by molar-refractivity contribution is 7.13. The van der Waals surface area contributed by atoms with Gasteiger partial charge in [0.25, 0.3) is 0 Å². The Bertz CT molecular complexity index is 908. The van der Waals surface area contributed by atoms with Crippen LogP contribution in [0.4, 0.5) is 0 Å². The van der Waals surface area contributed by atoms with Crippen LogP contribution in [0, 0.1) is 5.92 Å². The summed E-state index contributed by atoms with van der Waals surface area (Å²) in [4.78, 5) is 26.6. The minimum atomic E-state index is -0.894. The van der Waals surface area contributed by atoms with E-state index >= 15 is 0 Å². The van der Waals surface area contributed by atoms with Crippen LogP contribution >= 0.6 is 11.3 Å². The van der Waals surface area contributed by atoms with Crippen molar-refractivity contribution >= 4 is 23.2 Å². The smallest absolute Gasteiger partial charge is 0.345 e. The molecule has 0 spiro atoms. The molecule has 32 heavy (non-hydrogen) atoms. The second-order valence-corrected chi connectivity index (χ2v) is 9.77. The number of amides is 1. The number of hydrogen-bond acceptors (Lipinski definition) is 4. The van der Waals surface area contributed by atoms with Crippen molar-refractivity contribution in [1.82, 2.24) is 4.90 Å². The number of aryl methyl sites for hydroxylation is 2. The second-order valence-electron chi connectivity index (χ2n) is 8.60. The fourth-order valence-corrected chi connectivity index (χ4v) is 5.06. The van der Waals surface area contributed by atoms with E-state index in [9.17, 15) is 14.7 Å². The van der Waals surface area contributed by atoms with Crippen LogP contribution in [0.1, 0.15) is 59.1 Å². The largest absolute Gasteiger partial charge is 0.477 e. The molecular weight excluding hydrogens is 422 g/mol. The molecule has 1 amide bonds. The zero-order chi connectivity index (χ0) is 22.9. The van der Waals surface area contributed by atoms with Crippen molar-refractivity contribution in [2.75, 3.05) is 6.54 Å². The molecule has 2 heterocycles. The van der Waals surface area contributed by atoms with Gasteiger partial charge in [-0.15, -0.1) is 11.3 Å². The predicted octanol–water partition coefficient (Wildman–Crippen LogP) is 4.95. The highest BCUT2D eigenvalue weighted by Gasteiger charge is 2.28. The lowest BCUT2D eigenvalue weighted by atomic mass is 9.95. The Morgan fingerprint density at radius 1 is 1.19 bits per heavy atom. The number of carboxylic acid groups (broad SMARTS) is 1. The van der Waals surface area contributed by atoms with E-state index < -0.39 is 12.1 Å². The Hall–Kier alpha value is -2.44. The van der Waals surface area contributed by atoms with Gasteiger partial charge in [0, 0.05) is 17.8 Å². The third-order valence-electron chi connectivity index (χ3n) is 6.15. The topological polar surface area (TPSA) is 77.8 Å². The highest BCUT2D eigenvalue weighted by atomic mass is 32.1. The molecule has 3 rings (SSSR count). The Morgan fingerprint density at radius 2 is 1.97 bits per heavy atom. The summed E-state index contributed by atoms with van der Waals surface area (Å²) in [5.74, 6) is -0.570. The number of likely N-dealkylation sites (tertiary alicyclic amines) is 1. The Morgan fingerprint density at radius 3 is 2.69 bits per heavy atom. The van der Waals surface area contributed by atoms with E-state index in [4.69, 9.17) is 5.11 Å². The van der Waals surface area contributed by atoms with Crippen LogP contribution in [-0.4, -0.2) is 45.7 Å². The van der Waals surface area contributed by atoms with E-state index in [2.05, 4.69) is 31.2 Å². The molecule has 0 saturated carbocycles. The summed E-state index contributed by atoms with van der Waals surface area (Å²) in [7, 11) is 0. The summed E-state index contributed by atoms with van der Waals surface area (Å²) in [6.45, 7) is 2.72. The summed E-state index contributed by atoms with van der Waals surface area (Å²) in [5, 5.41) is 19.6. The van der Waals surface area contributed by atoms with Gasteiger partial charge in [-0.25, -0.2) is 4.79 Å². The molecule has 1 unspecified atom stereocenters. The molecule has 5 nitrogen and oxygen atoms in total. The summed E-state index contributed by atoms with van der Waals surface area (Å²) < 4.78 is 0. The van der Waals surface area contributed by atoms with Gasteiger partial charge >= 0.3 is 5.97 Å². The number of aliphatic hydroxyl groups excluding tert-OH is 1. The first-order valence-corrected chi connectivity index (χ1v) is 12.3. The zero-order valence-electron chi connectivity index (χ0n) is 18.7. The Kier molecular flexibility index (Phi) is 9.06. The summed E-state index contributed by atoms with van der Waals surface area (Å²) in [6, 6.07) is 13.9. The number of thiophene rings is 1. The predicted molar refractivity (Wildman–Crippen MR) is 128 cm³/mol. The molecule has 1 aromatic heterocycles. The van der Waals surface area contributed by atoms with Crippen LogP contribution < -0.4 is 0 Å². The lowest BCUT2D eigenvalue weighted by Crippen LogP contribution is -2.33. The number of aromatic carboxylic acids is 1. The lowest BCUT2D eigenvalue weighted by Gasteiger charge is -2.23. The van der Waals surface area contributed by atoms with Gasteiger partial charge in [-0.3, -0.25) is 4.79 Å². The molecule has 1 aromatic carbocycles. The van der Waals surface area contributed by atoms with Crippen molar-refractivity contribution in [2.45, 2.75) is 64.0 Å². The van der Waals surface area contributed by atoms with Crippen molar-refractivity contribution in [3.63, 3.8) is 0 Å². The number of hydrogen-bond donors (Lipinski definition) is 2. The van der Waals surface area contributed by atoms with Crippen LogP contribution in [0.15, 0.2) is 54.6 Å². The number of nitrogens with zero attached hydrogens (tertiary/aromatic N) is 1. The van der Waals surface area contributed by atoms with Gasteiger partial charge in [0.2, 0.25) is 5.91 Å².